The molecule has 0 nitrogen and oxygen atoms in total. The van der Waals surface area contributed by atoms with Crippen molar-refractivity contribution >= 4 is 64.2 Å². The maximum Gasteiger partial charge on any atom is 0.0324 e. The molecule has 4 rings (SSSR count). The first-order valence-electron chi connectivity index (χ1n) is 6.44. The molecule has 20 heavy (non-hydrogen) atoms. The van der Waals surface area contributed by atoms with Crippen molar-refractivity contribution in [2.24, 2.45) is 0 Å². The lowest BCUT2D eigenvalue weighted by Crippen LogP contribution is -1.83. The number of hydrogen-bond donors (Lipinski definition) is 0. The Balaban J connectivity index is 2.42. The zero-order valence-electron chi connectivity index (χ0n) is 10.5. The highest BCUT2D eigenvalue weighted by Gasteiger charge is 2.09. The Labute approximate surface area is 133 Å². The van der Waals surface area contributed by atoms with E-state index in [1.165, 1.54) is 32.3 Å². The zero-order chi connectivity index (χ0) is 13.7. The Morgan fingerprint density at radius 2 is 0.750 bits per heavy atom. The summed E-state index contributed by atoms with van der Waals surface area (Å²) in [5.41, 5.74) is 0. The molecule has 0 unspecified atom stereocenters. The van der Waals surface area contributed by atoms with Gasteiger partial charge in [-0.25, -0.2) is 0 Å². The van der Waals surface area contributed by atoms with Crippen molar-refractivity contribution in [3.8, 4) is 0 Å². The van der Waals surface area contributed by atoms with E-state index in [0.717, 1.165) is 8.95 Å². The van der Waals surface area contributed by atoms with E-state index in [-0.39, 0.29) is 0 Å². The third kappa shape index (κ3) is 1.72. The van der Waals surface area contributed by atoms with Crippen molar-refractivity contribution in [1.29, 1.82) is 0 Å². The first kappa shape index (κ1) is 12.4. The highest BCUT2D eigenvalue weighted by molar-refractivity contribution is 9.13. The number of rotatable bonds is 0. The molecule has 0 spiro atoms. The summed E-state index contributed by atoms with van der Waals surface area (Å²) in [6, 6.07) is 21.6. The van der Waals surface area contributed by atoms with Crippen LogP contribution in [0.25, 0.3) is 32.3 Å². The van der Waals surface area contributed by atoms with Crippen molar-refractivity contribution < 1.29 is 0 Å². The SMILES string of the molecule is Brc1cc2c3ccccc3c3ccccc3c2cc1Br. The van der Waals surface area contributed by atoms with E-state index < -0.39 is 0 Å². The second-order valence-electron chi connectivity index (χ2n) is 4.90. The van der Waals surface area contributed by atoms with E-state index in [4.69, 9.17) is 0 Å². The molecule has 4 aromatic rings. The van der Waals surface area contributed by atoms with Crippen molar-refractivity contribution in [3.05, 3.63) is 69.6 Å². The fourth-order valence-corrected chi connectivity index (χ4v) is 3.58. The lowest BCUT2D eigenvalue weighted by atomic mass is 9.94. The van der Waals surface area contributed by atoms with E-state index >= 15 is 0 Å². The van der Waals surface area contributed by atoms with Crippen LogP contribution in [0.5, 0.6) is 0 Å². The summed E-state index contributed by atoms with van der Waals surface area (Å²) < 4.78 is 2.18. The summed E-state index contributed by atoms with van der Waals surface area (Å²) in [4.78, 5) is 0. The number of halogens is 2. The van der Waals surface area contributed by atoms with Crippen LogP contribution < -0.4 is 0 Å². The van der Waals surface area contributed by atoms with E-state index in [1.807, 2.05) is 0 Å². The Kier molecular flexibility index (Phi) is 2.83. The molecule has 0 atom stereocenters. The Morgan fingerprint density at radius 3 is 1.10 bits per heavy atom. The lowest BCUT2D eigenvalue weighted by molar-refractivity contribution is 1.67. The number of benzene rings is 4. The summed E-state index contributed by atoms with van der Waals surface area (Å²) in [7, 11) is 0. The van der Waals surface area contributed by atoms with Gasteiger partial charge >= 0.3 is 0 Å². The largest absolute Gasteiger partial charge is 0.0616 e. The molecule has 0 saturated heterocycles. The molecule has 2 heteroatoms. The number of hydrogen-bond acceptors (Lipinski definition) is 0. The first-order valence-corrected chi connectivity index (χ1v) is 8.02. The second-order valence-corrected chi connectivity index (χ2v) is 6.61. The van der Waals surface area contributed by atoms with Crippen molar-refractivity contribution in [2.45, 2.75) is 0 Å². The van der Waals surface area contributed by atoms with E-state index in [0.29, 0.717) is 0 Å². The van der Waals surface area contributed by atoms with Gasteiger partial charge in [-0.15, -0.1) is 0 Å². The lowest BCUT2D eigenvalue weighted by Gasteiger charge is -2.11. The minimum Gasteiger partial charge on any atom is -0.0616 e. The highest BCUT2D eigenvalue weighted by Crippen LogP contribution is 2.38. The summed E-state index contributed by atoms with van der Waals surface area (Å²) >= 11 is 7.24. The minimum atomic E-state index is 1.09. The van der Waals surface area contributed by atoms with Crippen LogP contribution in [-0.4, -0.2) is 0 Å². The molecule has 0 heterocycles. The van der Waals surface area contributed by atoms with Crippen LogP contribution in [0.3, 0.4) is 0 Å². The predicted octanol–water partition coefficient (Wildman–Crippen LogP) is 6.67. The Morgan fingerprint density at radius 1 is 0.450 bits per heavy atom. The fourth-order valence-electron chi connectivity index (χ4n) is 2.90. The van der Waals surface area contributed by atoms with Crippen LogP contribution in [-0.2, 0) is 0 Å². The van der Waals surface area contributed by atoms with Gasteiger partial charge in [0.25, 0.3) is 0 Å². The molecule has 0 N–H and O–H groups in total. The smallest absolute Gasteiger partial charge is 0.0324 e. The van der Waals surface area contributed by atoms with Gasteiger partial charge in [-0.05, 0) is 76.3 Å². The molecule has 0 aliphatic rings. The van der Waals surface area contributed by atoms with Crippen molar-refractivity contribution in [2.75, 3.05) is 0 Å². The number of fused-ring (bicyclic) bond motifs is 6. The predicted molar refractivity (Wildman–Crippen MR) is 94.4 cm³/mol. The standard InChI is InChI=1S/C18H10Br2/c19-17-9-15-13-7-3-1-5-11(13)12-6-2-4-8-14(12)16(15)10-18(17)20/h1-10H. The maximum atomic E-state index is 3.62. The van der Waals surface area contributed by atoms with Crippen LogP contribution in [0, 0.1) is 0 Å². The van der Waals surface area contributed by atoms with Crippen LogP contribution in [0.4, 0.5) is 0 Å². The topological polar surface area (TPSA) is 0 Å². The highest BCUT2D eigenvalue weighted by atomic mass is 79.9. The molecule has 0 aromatic heterocycles. The van der Waals surface area contributed by atoms with Gasteiger partial charge in [0.15, 0.2) is 0 Å². The third-order valence-electron chi connectivity index (χ3n) is 3.79. The molecule has 96 valence electrons. The molecule has 0 aliphatic heterocycles. The van der Waals surface area contributed by atoms with Crippen LogP contribution >= 0.6 is 31.9 Å². The van der Waals surface area contributed by atoms with Crippen LogP contribution in [0.1, 0.15) is 0 Å². The minimum absolute atomic E-state index is 1.09. The summed E-state index contributed by atoms with van der Waals surface area (Å²) in [6.07, 6.45) is 0. The van der Waals surface area contributed by atoms with Crippen molar-refractivity contribution in [1.82, 2.24) is 0 Å². The fraction of sp³-hybridized carbons (Fsp3) is 0. The molecule has 0 saturated carbocycles. The van der Waals surface area contributed by atoms with Gasteiger partial charge < -0.3 is 0 Å². The molecule has 0 radical (unpaired) electrons. The van der Waals surface area contributed by atoms with Crippen LogP contribution in [0.15, 0.2) is 69.6 Å². The average Bonchev–Trinajstić information content (AvgIpc) is 2.49. The zero-order valence-corrected chi connectivity index (χ0v) is 13.7. The first-order chi connectivity index (χ1) is 9.75. The van der Waals surface area contributed by atoms with E-state index in [1.54, 1.807) is 0 Å². The molecular weight excluding hydrogens is 376 g/mol. The normalized spacial score (nSPS) is 11.5. The van der Waals surface area contributed by atoms with Gasteiger partial charge in [0.1, 0.15) is 0 Å². The van der Waals surface area contributed by atoms with E-state index in [2.05, 4.69) is 92.5 Å². The van der Waals surface area contributed by atoms with Gasteiger partial charge in [-0.3, -0.25) is 0 Å². The monoisotopic (exact) mass is 384 g/mol. The quantitative estimate of drug-likeness (QED) is 0.296. The molecule has 0 amide bonds. The van der Waals surface area contributed by atoms with Gasteiger partial charge in [-0.1, -0.05) is 48.5 Å². The van der Waals surface area contributed by atoms with Gasteiger partial charge in [0.05, 0.1) is 0 Å². The summed E-state index contributed by atoms with van der Waals surface area (Å²) in [6.45, 7) is 0. The Hall–Kier alpha value is -1.38. The third-order valence-corrected chi connectivity index (χ3v) is 5.63. The molecule has 4 aromatic carbocycles. The van der Waals surface area contributed by atoms with Gasteiger partial charge in [0.2, 0.25) is 0 Å². The van der Waals surface area contributed by atoms with Crippen molar-refractivity contribution in [3.63, 3.8) is 0 Å². The Bertz CT molecular complexity index is 891. The van der Waals surface area contributed by atoms with Crippen LogP contribution in [0.2, 0.25) is 0 Å². The molecule has 0 fully saturated rings. The molecular formula is C18H10Br2. The summed E-state index contributed by atoms with van der Waals surface area (Å²) in [5, 5.41) is 7.79. The van der Waals surface area contributed by atoms with E-state index in [9.17, 15) is 0 Å². The second kappa shape index (κ2) is 4.57. The molecule has 0 aliphatic carbocycles. The van der Waals surface area contributed by atoms with Gasteiger partial charge in [0, 0.05) is 8.95 Å². The van der Waals surface area contributed by atoms with Gasteiger partial charge in [-0.2, -0.15) is 0 Å². The molecule has 0 bridgehead atoms. The average molecular weight is 386 g/mol. The summed E-state index contributed by atoms with van der Waals surface area (Å²) in [5.74, 6) is 0. The maximum absolute atomic E-state index is 3.62.